The summed E-state index contributed by atoms with van der Waals surface area (Å²) >= 11 is 0. The highest BCUT2D eigenvalue weighted by Gasteiger charge is 2.35. The lowest BCUT2D eigenvalue weighted by Crippen LogP contribution is -2.24. The molecule has 0 N–H and O–H groups in total. The van der Waals surface area contributed by atoms with Crippen LogP contribution in [0.2, 0.25) is 0 Å². The average Bonchev–Trinajstić information content (AvgIpc) is 2.70. The van der Waals surface area contributed by atoms with E-state index in [1.807, 2.05) is 20.8 Å². The van der Waals surface area contributed by atoms with Gasteiger partial charge in [0.05, 0.1) is 17.2 Å². The molecule has 1 aliphatic carbocycles. The van der Waals surface area contributed by atoms with Crippen LogP contribution in [0.4, 0.5) is 0 Å². The first-order valence-corrected chi connectivity index (χ1v) is 10.3. The molecule has 0 saturated heterocycles. The molecule has 154 valence electrons. The third-order valence-corrected chi connectivity index (χ3v) is 5.43. The van der Waals surface area contributed by atoms with Crippen LogP contribution in [0.5, 0.6) is 5.75 Å². The molecule has 5 nitrogen and oxygen atoms in total. The fourth-order valence-corrected chi connectivity index (χ4v) is 4.00. The summed E-state index contributed by atoms with van der Waals surface area (Å²) in [4.78, 5) is 39.4. The van der Waals surface area contributed by atoms with E-state index >= 15 is 0 Å². The van der Waals surface area contributed by atoms with Crippen LogP contribution in [-0.4, -0.2) is 17.7 Å². The Kier molecular flexibility index (Phi) is 5.06. The Morgan fingerprint density at radius 2 is 1.77 bits per heavy atom. The molecule has 0 bridgehead atoms. The van der Waals surface area contributed by atoms with Gasteiger partial charge >= 0.3 is 5.63 Å². The van der Waals surface area contributed by atoms with Gasteiger partial charge in [0.2, 0.25) is 5.78 Å². The molecule has 3 aromatic rings. The van der Waals surface area contributed by atoms with Crippen molar-refractivity contribution in [1.29, 1.82) is 0 Å². The average molecular weight is 404 g/mol. The van der Waals surface area contributed by atoms with Gasteiger partial charge in [-0.15, -0.1) is 0 Å². The number of carbonyl (C=O) groups is 2. The van der Waals surface area contributed by atoms with Gasteiger partial charge in [-0.3, -0.25) is 9.59 Å². The minimum absolute atomic E-state index is 0.145. The summed E-state index contributed by atoms with van der Waals surface area (Å²) in [6.07, 6.45) is 2.30. The third kappa shape index (κ3) is 3.15. The molecule has 2 aromatic carbocycles. The molecule has 0 atom stereocenters. The number of fused-ring (bicyclic) bond motifs is 4. The summed E-state index contributed by atoms with van der Waals surface area (Å²) in [7, 11) is 0. The molecule has 1 aliphatic rings. The minimum atomic E-state index is -0.457. The Balaban J connectivity index is 1.99. The molecule has 0 aliphatic heterocycles. The van der Waals surface area contributed by atoms with E-state index in [1.165, 1.54) is 0 Å². The van der Waals surface area contributed by atoms with Crippen LogP contribution in [0, 0.1) is 6.92 Å². The lowest BCUT2D eigenvalue weighted by molar-refractivity contribution is 0.0974. The number of ketones is 2. The topological polar surface area (TPSA) is 73.6 Å². The summed E-state index contributed by atoms with van der Waals surface area (Å²) in [5.74, 6) is -0.260. The Hall–Kier alpha value is -3.21. The van der Waals surface area contributed by atoms with Gasteiger partial charge < -0.3 is 9.15 Å². The zero-order chi connectivity index (χ0) is 21.6. The number of aryl methyl sites for hydroxylation is 2. The molecular formula is C25H24O5. The number of unbranched alkanes of at least 4 members (excludes halogenated alkanes) is 1. The number of rotatable bonds is 5. The maximum absolute atomic E-state index is 13.6. The van der Waals surface area contributed by atoms with Gasteiger partial charge in [-0.1, -0.05) is 25.5 Å². The van der Waals surface area contributed by atoms with Gasteiger partial charge in [0.15, 0.2) is 11.4 Å². The maximum atomic E-state index is 13.6. The molecule has 30 heavy (non-hydrogen) atoms. The van der Waals surface area contributed by atoms with Gasteiger partial charge in [-0.2, -0.15) is 0 Å². The molecular weight excluding hydrogens is 380 g/mol. The molecule has 0 amide bonds. The van der Waals surface area contributed by atoms with E-state index in [-0.39, 0.29) is 39.9 Å². The Bertz CT molecular complexity index is 1250. The number of benzene rings is 2. The Labute approximate surface area is 174 Å². The smallest absolute Gasteiger partial charge is 0.339 e. The molecule has 0 spiro atoms. The van der Waals surface area contributed by atoms with Crippen molar-refractivity contribution in [1.82, 2.24) is 0 Å². The zero-order valence-corrected chi connectivity index (χ0v) is 17.6. The van der Waals surface area contributed by atoms with Crippen LogP contribution in [-0.2, 0) is 6.42 Å². The number of carbonyl (C=O) groups excluding carboxylic acids is 2. The fourth-order valence-electron chi connectivity index (χ4n) is 4.00. The first-order valence-electron chi connectivity index (χ1n) is 10.3. The number of hydrogen-bond donors (Lipinski definition) is 0. The molecule has 4 rings (SSSR count). The summed E-state index contributed by atoms with van der Waals surface area (Å²) in [5, 5.41) is 0.686. The first-order chi connectivity index (χ1) is 14.3. The van der Waals surface area contributed by atoms with E-state index < -0.39 is 5.63 Å². The largest absolute Gasteiger partial charge is 0.490 e. The molecule has 1 heterocycles. The summed E-state index contributed by atoms with van der Waals surface area (Å²) in [6.45, 7) is 7.64. The highest BCUT2D eigenvalue weighted by Crippen LogP contribution is 2.38. The van der Waals surface area contributed by atoms with Crippen LogP contribution < -0.4 is 10.4 Å². The van der Waals surface area contributed by atoms with Crippen LogP contribution in [0.25, 0.3) is 11.0 Å². The molecule has 5 heteroatoms. The molecule has 1 aromatic heterocycles. The van der Waals surface area contributed by atoms with Crippen molar-refractivity contribution in [2.45, 2.75) is 53.1 Å². The van der Waals surface area contributed by atoms with Crippen molar-refractivity contribution in [3.63, 3.8) is 0 Å². The van der Waals surface area contributed by atoms with Crippen molar-refractivity contribution in [3.05, 3.63) is 74.1 Å². The SMILES string of the molecule is CCCCc1cc2c(C)cc3c(c2oc1=O)C(=O)c1c(OC(C)C)cccc1C3=O. The van der Waals surface area contributed by atoms with E-state index in [4.69, 9.17) is 9.15 Å². The van der Waals surface area contributed by atoms with Gasteiger partial charge in [-0.05, 0) is 57.4 Å². The van der Waals surface area contributed by atoms with Gasteiger partial charge in [0.1, 0.15) is 5.75 Å². The lowest BCUT2D eigenvalue weighted by Gasteiger charge is -2.22. The predicted molar refractivity (Wildman–Crippen MR) is 115 cm³/mol. The van der Waals surface area contributed by atoms with Crippen molar-refractivity contribution < 1.29 is 18.7 Å². The van der Waals surface area contributed by atoms with E-state index in [0.29, 0.717) is 28.7 Å². The minimum Gasteiger partial charge on any atom is -0.490 e. The molecule has 0 unspecified atom stereocenters. The Morgan fingerprint density at radius 3 is 2.47 bits per heavy atom. The molecule has 0 saturated carbocycles. The predicted octanol–water partition coefficient (Wildman–Crippen LogP) is 5.01. The highest BCUT2D eigenvalue weighted by atomic mass is 16.5. The van der Waals surface area contributed by atoms with E-state index in [0.717, 1.165) is 18.4 Å². The van der Waals surface area contributed by atoms with E-state index in [9.17, 15) is 14.4 Å². The van der Waals surface area contributed by atoms with Gasteiger partial charge in [-0.25, -0.2) is 4.79 Å². The Morgan fingerprint density at radius 1 is 1.00 bits per heavy atom. The standard InChI is InChI=1S/C25H24O5/c1-5-6-8-15-12-17-14(4)11-18-21(24(17)30-25(15)28)23(27)20-16(22(18)26)9-7-10-19(20)29-13(2)3/h7,9-13H,5-6,8H2,1-4H3. The van der Waals surface area contributed by atoms with Crippen LogP contribution >= 0.6 is 0 Å². The normalized spacial score (nSPS) is 13.0. The van der Waals surface area contributed by atoms with Crippen molar-refractivity contribution in [2.75, 3.05) is 0 Å². The van der Waals surface area contributed by atoms with Crippen molar-refractivity contribution >= 4 is 22.5 Å². The second kappa shape index (κ2) is 7.56. The lowest BCUT2D eigenvalue weighted by atomic mass is 9.81. The van der Waals surface area contributed by atoms with Crippen LogP contribution in [0.3, 0.4) is 0 Å². The summed E-state index contributed by atoms with van der Waals surface area (Å²) in [6, 6.07) is 8.55. The second-order valence-corrected chi connectivity index (χ2v) is 8.03. The van der Waals surface area contributed by atoms with Crippen molar-refractivity contribution in [3.8, 4) is 5.75 Å². The van der Waals surface area contributed by atoms with Crippen molar-refractivity contribution in [2.24, 2.45) is 0 Å². The summed E-state index contributed by atoms with van der Waals surface area (Å²) < 4.78 is 11.5. The fraction of sp³-hybridized carbons (Fsp3) is 0.320. The van der Waals surface area contributed by atoms with E-state index in [1.54, 1.807) is 30.3 Å². The monoisotopic (exact) mass is 404 g/mol. The quantitative estimate of drug-likeness (QED) is 0.437. The number of hydrogen-bond acceptors (Lipinski definition) is 5. The highest BCUT2D eigenvalue weighted by molar-refractivity contribution is 6.32. The van der Waals surface area contributed by atoms with Gasteiger partial charge in [0.25, 0.3) is 0 Å². The maximum Gasteiger partial charge on any atom is 0.339 e. The third-order valence-electron chi connectivity index (χ3n) is 5.43. The summed E-state index contributed by atoms with van der Waals surface area (Å²) in [5.41, 5.74) is 2.06. The van der Waals surface area contributed by atoms with Crippen LogP contribution in [0.15, 0.2) is 39.5 Å². The van der Waals surface area contributed by atoms with Crippen LogP contribution in [0.1, 0.15) is 76.6 Å². The van der Waals surface area contributed by atoms with Gasteiger partial charge in [0, 0.05) is 22.1 Å². The zero-order valence-electron chi connectivity index (χ0n) is 17.6. The second-order valence-electron chi connectivity index (χ2n) is 8.03. The first kappa shape index (κ1) is 20.1. The van der Waals surface area contributed by atoms with E-state index in [2.05, 4.69) is 6.92 Å². The number of ether oxygens (including phenoxy) is 1. The molecule has 0 radical (unpaired) electrons. The molecule has 0 fully saturated rings.